The highest BCUT2D eigenvalue weighted by molar-refractivity contribution is 5.91. The molecule has 1 aromatic carbocycles. The Kier molecular flexibility index (Phi) is 6.21. The highest BCUT2D eigenvalue weighted by atomic mass is 16.5. The number of hydrogen-bond donors (Lipinski definition) is 2. The van der Waals surface area contributed by atoms with Gasteiger partial charge in [0, 0.05) is 6.54 Å². The van der Waals surface area contributed by atoms with E-state index in [4.69, 9.17) is 4.74 Å². The smallest absolute Gasteiger partial charge is 0.273 e. The SMILES string of the molecule is O=C(NCc1ccc(OC2CCCCC2)cc1)c1cn(C2CCNCC2)nn1. The minimum absolute atomic E-state index is 0.192. The number of piperidine rings is 1. The van der Waals surface area contributed by atoms with E-state index in [0.717, 1.165) is 50.1 Å². The molecule has 150 valence electrons. The van der Waals surface area contributed by atoms with Crippen LogP contribution in [0.1, 0.15) is 67.0 Å². The second-order valence-electron chi connectivity index (χ2n) is 7.77. The summed E-state index contributed by atoms with van der Waals surface area (Å²) in [7, 11) is 0. The molecule has 2 fully saturated rings. The Labute approximate surface area is 165 Å². The van der Waals surface area contributed by atoms with Crippen LogP contribution in [0.3, 0.4) is 0 Å². The van der Waals surface area contributed by atoms with Gasteiger partial charge in [0.15, 0.2) is 5.69 Å². The molecule has 0 spiro atoms. The summed E-state index contributed by atoms with van der Waals surface area (Å²) < 4.78 is 7.88. The molecule has 7 nitrogen and oxygen atoms in total. The molecule has 28 heavy (non-hydrogen) atoms. The molecule has 0 bridgehead atoms. The van der Waals surface area contributed by atoms with Crippen molar-refractivity contribution in [3.63, 3.8) is 0 Å². The maximum Gasteiger partial charge on any atom is 0.273 e. The van der Waals surface area contributed by atoms with Gasteiger partial charge < -0.3 is 15.4 Å². The molecule has 1 amide bonds. The quantitative estimate of drug-likeness (QED) is 0.802. The molecule has 1 aliphatic carbocycles. The average molecular weight is 383 g/mol. The molecule has 2 N–H and O–H groups in total. The third kappa shape index (κ3) is 4.90. The Balaban J connectivity index is 1.26. The summed E-state index contributed by atoms with van der Waals surface area (Å²) >= 11 is 0. The fourth-order valence-electron chi connectivity index (χ4n) is 3.96. The summed E-state index contributed by atoms with van der Waals surface area (Å²) in [5, 5.41) is 14.4. The fraction of sp³-hybridized carbons (Fsp3) is 0.571. The van der Waals surface area contributed by atoms with Gasteiger partial charge in [0.25, 0.3) is 5.91 Å². The van der Waals surface area contributed by atoms with E-state index in [0.29, 0.717) is 24.4 Å². The molecule has 1 saturated heterocycles. The molecule has 1 aliphatic heterocycles. The van der Waals surface area contributed by atoms with Gasteiger partial charge in [-0.1, -0.05) is 23.8 Å². The monoisotopic (exact) mass is 383 g/mol. The Bertz CT molecular complexity index is 761. The van der Waals surface area contributed by atoms with E-state index < -0.39 is 0 Å². The van der Waals surface area contributed by atoms with Crippen LogP contribution in [0.2, 0.25) is 0 Å². The minimum atomic E-state index is -0.192. The zero-order chi connectivity index (χ0) is 19.2. The third-order valence-corrected chi connectivity index (χ3v) is 5.66. The van der Waals surface area contributed by atoms with Crippen LogP contribution in [0.15, 0.2) is 30.5 Å². The van der Waals surface area contributed by atoms with E-state index >= 15 is 0 Å². The highest BCUT2D eigenvalue weighted by Gasteiger charge is 2.19. The molecule has 7 heteroatoms. The second-order valence-corrected chi connectivity index (χ2v) is 7.77. The van der Waals surface area contributed by atoms with E-state index in [9.17, 15) is 4.79 Å². The standard InChI is InChI=1S/C21H29N5O2/c27-21(20-15-26(25-24-20)17-10-12-22-13-11-17)23-14-16-6-8-19(9-7-16)28-18-4-2-1-3-5-18/h6-9,15,17-18,22H,1-5,10-14H2,(H,23,27). The Morgan fingerprint density at radius 3 is 2.61 bits per heavy atom. The molecule has 0 radical (unpaired) electrons. The number of carbonyl (C=O) groups is 1. The normalized spacial score (nSPS) is 18.7. The van der Waals surface area contributed by atoms with Gasteiger partial charge in [0.05, 0.1) is 18.3 Å². The van der Waals surface area contributed by atoms with Crippen molar-refractivity contribution in [1.82, 2.24) is 25.6 Å². The van der Waals surface area contributed by atoms with Crippen LogP contribution in [0.25, 0.3) is 0 Å². The molecule has 0 unspecified atom stereocenters. The predicted octanol–water partition coefficient (Wildman–Crippen LogP) is 2.84. The van der Waals surface area contributed by atoms with Crippen molar-refractivity contribution in [2.45, 2.75) is 63.6 Å². The lowest BCUT2D eigenvalue weighted by molar-refractivity contribution is 0.0946. The number of nitrogens with one attached hydrogen (secondary N) is 2. The average Bonchev–Trinajstić information content (AvgIpc) is 3.25. The lowest BCUT2D eigenvalue weighted by Crippen LogP contribution is -2.29. The molecular formula is C21H29N5O2. The van der Waals surface area contributed by atoms with Crippen LogP contribution in [-0.2, 0) is 6.54 Å². The van der Waals surface area contributed by atoms with E-state index in [-0.39, 0.29) is 5.91 Å². The lowest BCUT2D eigenvalue weighted by Gasteiger charge is -2.23. The molecule has 4 rings (SSSR count). The molecule has 1 saturated carbocycles. The van der Waals surface area contributed by atoms with Gasteiger partial charge in [-0.05, 0) is 69.3 Å². The molecule has 2 aliphatic rings. The van der Waals surface area contributed by atoms with Crippen molar-refractivity contribution in [2.24, 2.45) is 0 Å². The number of amides is 1. The first-order valence-electron chi connectivity index (χ1n) is 10.4. The first-order valence-corrected chi connectivity index (χ1v) is 10.4. The van der Waals surface area contributed by atoms with Crippen molar-refractivity contribution < 1.29 is 9.53 Å². The van der Waals surface area contributed by atoms with Crippen LogP contribution >= 0.6 is 0 Å². The van der Waals surface area contributed by atoms with Gasteiger partial charge in [0.1, 0.15) is 5.75 Å². The van der Waals surface area contributed by atoms with Gasteiger partial charge in [-0.2, -0.15) is 0 Å². The van der Waals surface area contributed by atoms with Gasteiger partial charge in [0.2, 0.25) is 0 Å². The summed E-state index contributed by atoms with van der Waals surface area (Å²) in [5.74, 6) is 0.717. The molecule has 2 heterocycles. The summed E-state index contributed by atoms with van der Waals surface area (Å²) in [5.41, 5.74) is 1.41. The zero-order valence-corrected chi connectivity index (χ0v) is 16.3. The number of rotatable bonds is 6. The van der Waals surface area contributed by atoms with Crippen LogP contribution in [0, 0.1) is 0 Å². The number of ether oxygens (including phenoxy) is 1. The summed E-state index contributed by atoms with van der Waals surface area (Å²) in [6.45, 7) is 2.42. The van der Waals surface area contributed by atoms with Crippen LogP contribution in [0.4, 0.5) is 0 Å². The molecule has 2 aromatic rings. The summed E-state index contributed by atoms with van der Waals surface area (Å²) in [6.07, 6.45) is 10.3. The molecule has 0 atom stereocenters. The molecule has 1 aromatic heterocycles. The van der Waals surface area contributed by atoms with Gasteiger partial charge in [-0.15, -0.1) is 5.10 Å². The Morgan fingerprint density at radius 1 is 1.11 bits per heavy atom. The van der Waals surface area contributed by atoms with E-state index in [2.05, 4.69) is 20.9 Å². The molecular weight excluding hydrogens is 354 g/mol. The number of benzene rings is 1. The topological polar surface area (TPSA) is 81.1 Å². The maximum absolute atomic E-state index is 12.4. The predicted molar refractivity (Wildman–Crippen MR) is 106 cm³/mol. The van der Waals surface area contributed by atoms with Crippen molar-refractivity contribution in [3.05, 3.63) is 41.7 Å². The first-order chi connectivity index (χ1) is 13.8. The lowest BCUT2D eigenvalue weighted by atomic mass is 9.98. The van der Waals surface area contributed by atoms with Crippen LogP contribution in [0.5, 0.6) is 5.75 Å². The van der Waals surface area contributed by atoms with Crippen LogP contribution in [-0.4, -0.2) is 40.1 Å². The maximum atomic E-state index is 12.4. The van der Waals surface area contributed by atoms with Gasteiger partial charge in [-0.25, -0.2) is 4.68 Å². The second kappa shape index (κ2) is 9.19. The van der Waals surface area contributed by atoms with Crippen molar-refractivity contribution in [1.29, 1.82) is 0 Å². The minimum Gasteiger partial charge on any atom is -0.490 e. The summed E-state index contributed by atoms with van der Waals surface area (Å²) in [6, 6.07) is 8.31. The first kappa shape index (κ1) is 18.9. The third-order valence-electron chi connectivity index (χ3n) is 5.66. The van der Waals surface area contributed by atoms with Crippen molar-refractivity contribution in [3.8, 4) is 5.75 Å². The largest absolute Gasteiger partial charge is 0.490 e. The van der Waals surface area contributed by atoms with E-state index in [1.807, 2.05) is 28.9 Å². The number of hydrogen-bond acceptors (Lipinski definition) is 5. The zero-order valence-electron chi connectivity index (χ0n) is 16.3. The van der Waals surface area contributed by atoms with Gasteiger partial charge in [-0.3, -0.25) is 4.79 Å². The number of carbonyl (C=O) groups excluding carboxylic acids is 1. The summed E-state index contributed by atoms with van der Waals surface area (Å²) in [4.78, 5) is 12.4. The van der Waals surface area contributed by atoms with Gasteiger partial charge >= 0.3 is 0 Å². The van der Waals surface area contributed by atoms with Crippen molar-refractivity contribution >= 4 is 5.91 Å². The Hall–Kier alpha value is -2.41. The number of nitrogens with zero attached hydrogens (tertiary/aromatic N) is 3. The Morgan fingerprint density at radius 2 is 1.86 bits per heavy atom. The van der Waals surface area contributed by atoms with Crippen molar-refractivity contribution in [2.75, 3.05) is 13.1 Å². The van der Waals surface area contributed by atoms with E-state index in [1.54, 1.807) is 6.20 Å². The highest BCUT2D eigenvalue weighted by Crippen LogP contribution is 2.23. The van der Waals surface area contributed by atoms with E-state index in [1.165, 1.54) is 19.3 Å². The fourth-order valence-corrected chi connectivity index (χ4v) is 3.96. The number of aromatic nitrogens is 3. The van der Waals surface area contributed by atoms with Crippen LogP contribution < -0.4 is 15.4 Å².